The van der Waals surface area contributed by atoms with Gasteiger partial charge in [-0.2, -0.15) is 13.2 Å². The highest BCUT2D eigenvalue weighted by Gasteiger charge is 2.31. The van der Waals surface area contributed by atoms with E-state index in [9.17, 15) is 31.7 Å². The van der Waals surface area contributed by atoms with Crippen LogP contribution in [-0.2, 0) is 20.9 Å². The molecule has 3 rings (SSSR count). The van der Waals surface area contributed by atoms with Gasteiger partial charge >= 0.3 is 6.18 Å². The lowest BCUT2D eigenvalue weighted by Crippen LogP contribution is -2.28. The van der Waals surface area contributed by atoms with E-state index in [0.29, 0.717) is 6.07 Å². The Hall–Kier alpha value is -3.26. The van der Waals surface area contributed by atoms with Crippen LogP contribution in [0.3, 0.4) is 0 Å². The van der Waals surface area contributed by atoms with Crippen molar-refractivity contribution in [1.82, 2.24) is 4.72 Å². The van der Waals surface area contributed by atoms with Crippen molar-refractivity contribution in [3.05, 3.63) is 93.0 Å². The number of halogens is 4. The molecule has 0 amide bonds. The summed E-state index contributed by atoms with van der Waals surface area (Å²) in [5, 5.41) is 10.8. The van der Waals surface area contributed by atoms with Gasteiger partial charge in [0.05, 0.1) is 20.4 Å². The predicted octanol–water partition coefficient (Wildman–Crippen LogP) is 5.73. The van der Waals surface area contributed by atoms with Crippen LogP contribution in [0, 0.1) is 10.1 Å². The fraction of sp³-hybridized carbons (Fsp3) is 0.136. The number of alkyl halides is 3. The van der Waals surface area contributed by atoms with Gasteiger partial charge in [0.15, 0.2) is 5.05 Å². The van der Waals surface area contributed by atoms with E-state index in [1.54, 1.807) is 18.2 Å². The van der Waals surface area contributed by atoms with Crippen LogP contribution < -0.4 is 9.46 Å². The lowest BCUT2D eigenvalue weighted by atomic mass is 10.1. The summed E-state index contributed by atoms with van der Waals surface area (Å²) < 4.78 is 76.1. The zero-order valence-corrected chi connectivity index (χ0v) is 20.4. The molecule has 14 heteroatoms. The fourth-order valence-electron chi connectivity index (χ4n) is 2.87. The van der Waals surface area contributed by atoms with Crippen LogP contribution in [0.15, 0.2) is 71.6 Å². The van der Waals surface area contributed by atoms with Crippen molar-refractivity contribution in [2.24, 2.45) is 0 Å². The minimum absolute atomic E-state index is 0.00649. The van der Waals surface area contributed by atoms with E-state index in [0.717, 1.165) is 18.2 Å². The predicted molar refractivity (Wildman–Crippen MR) is 129 cm³/mol. The van der Waals surface area contributed by atoms with Crippen LogP contribution in [0.4, 0.5) is 18.9 Å². The number of nitro groups is 1. The number of rotatable bonds is 9. The fourth-order valence-corrected chi connectivity index (χ4v) is 4.37. The number of sulfonamides is 1. The minimum Gasteiger partial charge on any atom is -0.481 e. The van der Waals surface area contributed by atoms with Crippen molar-refractivity contribution in [2.45, 2.75) is 11.1 Å². The molecular weight excluding hydrogens is 545 g/mol. The first-order valence-corrected chi connectivity index (χ1v) is 12.2. The quantitative estimate of drug-likeness (QED) is 0.154. The number of nitro benzene ring substituents is 1. The summed E-state index contributed by atoms with van der Waals surface area (Å²) in [7, 11) is -3.79. The molecule has 3 aromatic rings. The second-order valence-corrected chi connectivity index (χ2v) is 9.57. The van der Waals surface area contributed by atoms with E-state index in [4.69, 9.17) is 33.3 Å². The SMILES string of the molecule is O=[N+]([O-])c1ccc(Oc2ccc(C(F)(F)F)cc2Cl)cc1C(=S)OCCNS(=O)(=O)c1ccccc1. The molecule has 0 heterocycles. The molecule has 0 aliphatic rings. The molecule has 0 saturated heterocycles. The van der Waals surface area contributed by atoms with Crippen LogP contribution in [-0.4, -0.2) is 31.5 Å². The molecule has 36 heavy (non-hydrogen) atoms. The molecule has 0 aliphatic heterocycles. The topological polar surface area (TPSA) is 108 Å². The lowest BCUT2D eigenvalue weighted by Gasteiger charge is -2.13. The lowest BCUT2D eigenvalue weighted by molar-refractivity contribution is -0.385. The molecular formula is C22H16ClF3N2O6S2. The first kappa shape index (κ1) is 27.3. The van der Waals surface area contributed by atoms with E-state index < -0.39 is 32.4 Å². The maximum Gasteiger partial charge on any atom is 0.416 e. The highest BCUT2D eigenvalue weighted by molar-refractivity contribution is 7.89. The molecule has 0 aliphatic carbocycles. The summed E-state index contributed by atoms with van der Waals surface area (Å²) in [4.78, 5) is 10.8. The first-order valence-electron chi connectivity index (χ1n) is 9.93. The molecule has 0 saturated carbocycles. The second-order valence-electron chi connectivity index (χ2n) is 7.03. The van der Waals surface area contributed by atoms with E-state index in [1.165, 1.54) is 24.3 Å². The van der Waals surface area contributed by atoms with Gasteiger partial charge in [0.1, 0.15) is 23.7 Å². The number of hydrogen-bond acceptors (Lipinski definition) is 7. The maximum absolute atomic E-state index is 12.8. The standard InChI is InChI=1S/C22H16ClF3N2O6S2/c23-18-12-14(22(24,25)26)6-9-20(18)34-15-7-8-19(28(29)30)17(13-15)21(35)33-11-10-27-36(31,32)16-4-2-1-3-5-16/h1-9,12-13,27H,10-11H2. The number of nitrogens with zero attached hydrogens (tertiary/aromatic N) is 1. The Bertz CT molecular complexity index is 1390. The summed E-state index contributed by atoms with van der Waals surface area (Å²) in [6.07, 6.45) is -4.60. The third-order valence-electron chi connectivity index (χ3n) is 4.55. The van der Waals surface area contributed by atoms with Gasteiger partial charge in [-0.3, -0.25) is 10.1 Å². The smallest absolute Gasteiger partial charge is 0.416 e. The van der Waals surface area contributed by atoms with E-state index in [1.807, 2.05) is 0 Å². The van der Waals surface area contributed by atoms with Crippen molar-refractivity contribution < 1.29 is 36.0 Å². The Morgan fingerprint density at radius 1 is 1.08 bits per heavy atom. The van der Waals surface area contributed by atoms with Crippen molar-refractivity contribution in [1.29, 1.82) is 0 Å². The molecule has 0 bridgehead atoms. The molecule has 3 aromatic carbocycles. The van der Waals surface area contributed by atoms with Crippen LogP contribution in [0.2, 0.25) is 5.02 Å². The summed E-state index contributed by atoms with van der Waals surface area (Å²) in [5.74, 6) is -0.125. The first-order chi connectivity index (χ1) is 16.9. The van der Waals surface area contributed by atoms with Gasteiger partial charge in [-0.05, 0) is 54.7 Å². The number of nitrogens with one attached hydrogen (secondary N) is 1. The Kier molecular flexibility index (Phi) is 8.51. The zero-order valence-electron chi connectivity index (χ0n) is 18.0. The third kappa shape index (κ3) is 6.91. The van der Waals surface area contributed by atoms with Gasteiger partial charge in [-0.1, -0.05) is 29.8 Å². The van der Waals surface area contributed by atoms with E-state index in [-0.39, 0.29) is 45.2 Å². The molecule has 0 spiro atoms. The van der Waals surface area contributed by atoms with Crippen molar-refractivity contribution in [3.8, 4) is 11.5 Å². The third-order valence-corrected chi connectivity index (χ3v) is 6.66. The summed E-state index contributed by atoms with van der Waals surface area (Å²) in [6, 6.07) is 13.5. The average molecular weight is 561 g/mol. The highest BCUT2D eigenvalue weighted by Crippen LogP contribution is 2.37. The maximum atomic E-state index is 12.8. The Labute approximate surface area is 213 Å². The molecule has 0 radical (unpaired) electrons. The molecule has 0 fully saturated rings. The Morgan fingerprint density at radius 2 is 1.78 bits per heavy atom. The molecule has 8 nitrogen and oxygen atoms in total. The molecule has 190 valence electrons. The molecule has 1 N–H and O–H groups in total. The largest absolute Gasteiger partial charge is 0.481 e. The monoisotopic (exact) mass is 560 g/mol. The van der Waals surface area contributed by atoms with E-state index >= 15 is 0 Å². The number of ether oxygens (including phenoxy) is 2. The van der Waals surface area contributed by atoms with Crippen molar-refractivity contribution >= 4 is 44.6 Å². The molecule has 0 unspecified atom stereocenters. The zero-order chi connectivity index (χ0) is 26.5. The number of thiocarbonyl (C=S) groups is 1. The average Bonchev–Trinajstić information content (AvgIpc) is 2.82. The van der Waals surface area contributed by atoms with Gasteiger partial charge in [0.25, 0.3) is 5.69 Å². The van der Waals surface area contributed by atoms with Crippen molar-refractivity contribution in [3.63, 3.8) is 0 Å². The Morgan fingerprint density at radius 3 is 2.39 bits per heavy atom. The summed E-state index contributed by atoms with van der Waals surface area (Å²) in [5.41, 5.74) is -1.54. The number of hydrogen-bond donors (Lipinski definition) is 1. The van der Waals surface area contributed by atoms with Crippen LogP contribution in [0.25, 0.3) is 0 Å². The normalized spacial score (nSPS) is 11.7. The van der Waals surface area contributed by atoms with Gasteiger partial charge in [0, 0.05) is 12.6 Å². The van der Waals surface area contributed by atoms with Crippen LogP contribution in [0.1, 0.15) is 11.1 Å². The van der Waals surface area contributed by atoms with Gasteiger partial charge in [-0.15, -0.1) is 0 Å². The Balaban J connectivity index is 1.71. The van der Waals surface area contributed by atoms with E-state index in [2.05, 4.69) is 4.72 Å². The molecule has 0 aromatic heterocycles. The van der Waals surface area contributed by atoms with Gasteiger partial charge in [0.2, 0.25) is 10.0 Å². The highest BCUT2D eigenvalue weighted by atomic mass is 35.5. The molecule has 0 atom stereocenters. The second kappa shape index (κ2) is 11.2. The minimum atomic E-state index is -4.60. The summed E-state index contributed by atoms with van der Waals surface area (Å²) in [6.45, 7) is -0.416. The van der Waals surface area contributed by atoms with Crippen LogP contribution >= 0.6 is 23.8 Å². The van der Waals surface area contributed by atoms with Gasteiger partial charge < -0.3 is 9.47 Å². The van der Waals surface area contributed by atoms with Crippen LogP contribution in [0.5, 0.6) is 11.5 Å². The van der Waals surface area contributed by atoms with Crippen molar-refractivity contribution in [2.75, 3.05) is 13.2 Å². The van der Waals surface area contributed by atoms with Gasteiger partial charge in [-0.25, -0.2) is 13.1 Å². The number of benzene rings is 3. The summed E-state index contributed by atoms with van der Waals surface area (Å²) >= 11 is 11.0.